The third-order valence-electron chi connectivity index (χ3n) is 1.34. The van der Waals surface area contributed by atoms with Crippen LogP contribution in [0.1, 0.15) is 27.2 Å². The minimum Gasteiger partial charge on any atom is -0.460 e. The molecule has 0 saturated heterocycles. The smallest absolute Gasteiger partial charge is 0.309 e. The van der Waals surface area contributed by atoms with Gasteiger partial charge in [-0.1, -0.05) is 0 Å². The molecule has 0 aromatic carbocycles. The summed E-state index contributed by atoms with van der Waals surface area (Å²) in [5.74, 6) is -0.462. The van der Waals surface area contributed by atoms with Gasteiger partial charge in [0, 0.05) is 7.11 Å². The summed E-state index contributed by atoms with van der Waals surface area (Å²) in [5.41, 5.74) is -0.550. The summed E-state index contributed by atoms with van der Waals surface area (Å²) in [4.78, 5) is 21.8. The number of ether oxygens (including phenoxy) is 3. The van der Waals surface area contributed by atoms with Gasteiger partial charge in [-0.3, -0.25) is 4.79 Å². The zero-order chi connectivity index (χ0) is 11.9. The topological polar surface area (TPSA) is 61.8 Å². The molecule has 0 aromatic heterocycles. The van der Waals surface area contributed by atoms with E-state index in [0.717, 1.165) is 0 Å². The summed E-state index contributed by atoms with van der Waals surface area (Å²) in [5, 5.41) is 0. The molecule has 0 heterocycles. The van der Waals surface area contributed by atoms with Crippen molar-refractivity contribution in [2.75, 3.05) is 13.9 Å². The van der Waals surface area contributed by atoms with Crippen molar-refractivity contribution in [2.45, 2.75) is 38.9 Å². The Bertz CT molecular complexity index is 206. The largest absolute Gasteiger partial charge is 0.460 e. The van der Waals surface area contributed by atoms with Crippen LogP contribution >= 0.6 is 0 Å². The monoisotopic (exact) mass is 218 g/mol. The van der Waals surface area contributed by atoms with E-state index < -0.39 is 17.7 Å². The molecule has 1 atom stereocenters. The van der Waals surface area contributed by atoms with Crippen LogP contribution in [0.15, 0.2) is 0 Å². The van der Waals surface area contributed by atoms with Gasteiger partial charge < -0.3 is 19.0 Å². The van der Waals surface area contributed by atoms with Gasteiger partial charge in [-0.15, -0.1) is 0 Å². The van der Waals surface area contributed by atoms with Crippen LogP contribution in [0.2, 0.25) is 0 Å². The number of carbonyl (C=O) groups excluding carboxylic acids is 2. The van der Waals surface area contributed by atoms with Gasteiger partial charge in [0.25, 0.3) is 0 Å². The molecule has 0 aliphatic rings. The molecule has 0 aliphatic heterocycles. The maximum atomic E-state index is 11.3. The average molecular weight is 218 g/mol. The molecule has 0 fully saturated rings. The molecule has 5 nitrogen and oxygen atoms in total. The first-order chi connectivity index (χ1) is 6.89. The van der Waals surface area contributed by atoms with Gasteiger partial charge in [0.1, 0.15) is 24.8 Å². The highest BCUT2D eigenvalue weighted by atomic mass is 16.7. The maximum Gasteiger partial charge on any atom is 0.309 e. The fourth-order valence-corrected chi connectivity index (χ4v) is 0.849. The Morgan fingerprint density at radius 3 is 2.40 bits per heavy atom. The van der Waals surface area contributed by atoms with Crippen LogP contribution in [0.25, 0.3) is 0 Å². The van der Waals surface area contributed by atoms with Crippen molar-refractivity contribution >= 4 is 12.3 Å². The number of carbonyl (C=O) groups is 2. The molecule has 0 bridgehead atoms. The molecule has 15 heavy (non-hydrogen) atoms. The van der Waals surface area contributed by atoms with Crippen molar-refractivity contribution in [2.24, 2.45) is 0 Å². The second-order valence-electron chi connectivity index (χ2n) is 4.04. The fourth-order valence-electron chi connectivity index (χ4n) is 0.849. The van der Waals surface area contributed by atoms with Crippen molar-refractivity contribution in [3.8, 4) is 0 Å². The Kier molecular flexibility index (Phi) is 6.12. The van der Waals surface area contributed by atoms with Crippen molar-refractivity contribution < 1.29 is 23.8 Å². The van der Waals surface area contributed by atoms with E-state index in [1.54, 1.807) is 20.8 Å². The highest BCUT2D eigenvalue weighted by Gasteiger charge is 2.20. The van der Waals surface area contributed by atoms with E-state index in [-0.39, 0.29) is 13.2 Å². The second-order valence-corrected chi connectivity index (χ2v) is 4.04. The predicted octanol–water partition coefficient (Wildman–Crippen LogP) is 0.906. The second kappa shape index (κ2) is 6.53. The van der Waals surface area contributed by atoms with E-state index in [2.05, 4.69) is 4.74 Å². The lowest BCUT2D eigenvalue weighted by atomic mass is 10.2. The van der Waals surface area contributed by atoms with E-state index in [9.17, 15) is 9.59 Å². The summed E-state index contributed by atoms with van der Waals surface area (Å²) in [6.07, 6.45) is -0.340. The van der Waals surface area contributed by atoms with Gasteiger partial charge in [0.05, 0.1) is 6.42 Å². The lowest BCUT2D eigenvalue weighted by molar-refractivity contribution is -0.161. The number of rotatable bonds is 6. The number of methoxy groups -OCH3 is 1. The lowest BCUT2D eigenvalue weighted by Crippen LogP contribution is -2.28. The van der Waals surface area contributed by atoms with Crippen molar-refractivity contribution in [1.82, 2.24) is 0 Å². The van der Waals surface area contributed by atoms with Crippen LogP contribution in [0.4, 0.5) is 0 Å². The average Bonchev–Trinajstić information content (AvgIpc) is 2.09. The molecule has 0 N–H and O–H groups in total. The Morgan fingerprint density at radius 2 is 2.00 bits per heavy atom. The highest BCUT2D eigenvalue weighted by molar-refractivity contribution is 5.75. The minimum atomic E-state index is -0.806. The van der Waals surface area contributed by atoms with Crippen LogP contribution in [-0.4, -0.2) is 37.9 Å². The Morgan fingerprint density at radius 1 is 1.40 bits per heavy atom. The molecular weight excluding hydrogens is 200 g/mol. The maximum absolute atomic E-state index is 11.3. The van der Waals surface area contributed by atoms with E-state index in [4.69, 9.17) is 9.47 Å². The molecule has 88 valence electrons. The number of esters is 1. The van der Waals surface area contributed by atoms with Gasteiger partial charge in [0.2, 0.25) is 0 Å². The summed E-state index contributed by atoms with van der Waals surface area (Å²) in [6, 6.07) is 0. The lowest BCUT2D eigenvalue weighted by Gasteiger charge is -2.20. The molecule has 0 radical (unpaired) electrons. The predicted molar refractivity (Wildman–Crippen MR) is 53.3 cm³/mol. The summed E-state index contributed by atoms with van der Waals surface area (Å²) in [6.45, 7) is 5.26. The van der Waals surface area contributed by atoms with Crippen LogP contribution in [-0.2, 0) is 23.8 Å². The standard InChI is InChI=1S/C10H18O5/c1-10(2,3)15-9(12)5-8(6-11)14-7-13-4/h6,8H,5,7H2,1-4H3/t8-/m1/s1. The third kappa shape index (κ3) is 8.08. The van der Waals surface area contributed by atoms with Crippen molar-refractivity contribution in [1.29, 1.82) is 0 Å². The number of hydrogen-bond donors (Lipinski definition) is 0. The van der Waals surface area contributed by atoms with Crippen LogP contribution in [0.5, 0.6) is 0 Å². The van der Waals surface area contributed by atoms with E-state index >= 15 is 0 Å². The Hall–Kier alpha value is -0.940. The molecule has 0 rings (SSSR count). The van der Waals surface area contributed by atoms with Gasteiger partial charge in [0.15, 0.2) is 0 Å². The molecule has 0 saturated carbocycles. The normalized spacial score (nSPS) is 13.3. The van der Waals surface area contributed by atoms with E-state index in [0.29, 0.717) is 6.29 Å². The van der Waals surface area contributed by atoms with E-state index in [1.165, 1.54) is 7.11 Å². The van der Waals surface area contributed by atoms with Crippen LogP contribution < -0.4 is 0 Å². The van der Waals surface area contributed by atoms with Crippen LogP contribution in [0.3, 0.4) is 0 Å². The zero-order valence-corrected chi connectivity index (χ0v) is 9.61. The minimum absolute atomic E-state index is 0.0216. The molecule has 0 aliphatic carbocycles. The summed E-state index contributed by atoms with van der Waals surface area (Å²) >= 11 is 0. The molecule has 0 spiro atoms. The number of aldehydes is 1. The first-order valence-corrected chi connectivity index (χ1v) is 4.66. The highest BCUT2D eigenvalue weighted by Crippen LogP contribution is 2.09. The third-order valence-corrected chi connectivity index (χ3v) is 1.34. The van der Waals surface area contributed by atoms with Gasteiger partial charge >= 0.3 is 5.97 Å². The van der Waals surface area contributed by atoms with Crippen LogP contribution in [0, 0.1) is 0 Å². The Labute approximate surface area is 89.7 Å². The summed E-state index contributed by atoms with van der Waals surface area (Å²) in [7, 11) is 1.44. The summed E-state index contributed by atoms with van der Waals surface area (Å²) < 4.78 is 14.6. The number of hydrogen-bond acceptors (Lipinski definition) is 5. The van der Waals surface area contributed by atoms with E-state index in [1.807, 2.05) is 0 Å². The van der Waals surface area contributed by atoms with Gasteiger partial charge in [-0.05, 0) is 20.8 Å². The zero-order valence-electron chi connectivity index (χ0n) is 9.61. The van der Waals surface area contributed by atoms with Crippen molar-refractivity contribution in [3.05, 3.63) is 0 Å². The first-order valence-electron chi connectivity index (χ1n) is 4.66. The molecular formula is C10H18O5. The molecule has 5 heteroatoms. The Balaban J connectivity index is 3.96. The molecule has 0 aromatic rings. The van der Waals surface area contributed by atoms with Gasteiger partial charge in [-0.2, -0.15) is 0 Å². The first kappa shape index (κ1) is 14.1. The molecule has 0 unspecified atom stereocenters. The molecule has 0 amide bonds. The fraction of sp³-hybridized carbons (Fsp3) is 0.800. The van der Waals surface area contributed by atoms with Crippen molar-refractivity contribution in [3.63, 3.8) is 0 Å². The quantitative estimate of drug-likeness (QED) is 0.376. The van der Waals surface area contributed by atoms with Gasteiger partial charge in [-0.25, -0.2) is 0 Å². The SMILES string of the molecule is COCO[C@@H](C=O)CC(=O)OC(C)(C)C.